The molecule has 7 nitrogen and oxygen atoms in total. The largest absolute Gasteiger partial charge is 0.497 e. The van der Waals surface area contributed by atoms with Crippen LogP contribution in [0.1, 0.15) is 55.0 Å². The molecule has 3 atom stereocenters. The molecule has 1 aliphatic carbocycles. The van der Waals surface area contributed by atoms with E-state index in [9.17, 15) is 14.4 Å². The molecule has 0 bridgehead atoms. The second-order valence-electron chi connectivity index (χ2n) is 8.86. The number of ketones is 1. The number of nitrogens with one attached hydrogen (secondary N) is 1. The molecule has 8 heteroatoms. The van der Waals surface area contributed by atoms with Crippen molar-refractivity contribution in [3.05, 3.63) is 74.3 Å². The highest BCUT2D eigenvalue weighted by Gasteiger charge is 2.49. The molecule has 0 radical (unpaired) electrons. The number of esters is 2. The molecule has 190 valence electrons. The molecule has 36 heavy (non-hydrogen) atoms. The highest BCUT2D eigenvalue weighted by atomic mass is 32.1. The Morgan fingerprint density at radius 2 is 1.86 bits per heavy atom. The van der Waals surface area contributed by atoms with Gasteiger partial charge in [0.1, 0.15) is 11.7 Å². The van der Waals surface area contributed by atoms with Crippen LogP contribution in [0.5, 0.6) is 5.75 Å². The van der Waals surface area contributed by atoms with Crippen molar-refractivity contribution in [3.63, 3.8) is 0 Å². The zero-order valence-corrected chi connectivity index (χ0v) is 22.0. The minimum absolute atomic E-state index is 0.165. The topological polar surface area (TPSA) is 90.9 Å². The summed E-state index contributed by atoms with van der Waals surface area (Å²) < 4.78 is 16.2. The Balaban J connectivity index is 1.89. The van der Waals surface area contributed by atoms with Gasteiger partial charge < -0.3 is 19.5 Å². The molecule has 2 heterocycles. The van der Waals surface area contributed by atoms with Gasteiger partial charge in [-0.2, -0.15) is 0 Å². The van der Waals surface area contributed by atoms with Gasteiger partial charge in [0, 0.05) is 27.8 Å². The van der Waals surface area contributed by atoms with Crippen molar-refractivity contribution in [1.82, 2.24) is 5.32 Å². The van der Waals surface area contributed by atoms with Crippen molar-refractivity contribution in [2.24, 2.45) is 5.92 Å². The van der Waals surface area contributed by atoms with Gasteiger partial charge in [0.25, 0.3) is 0 Å². The number of thiophene rings is 1. The molecule has 0 saturated carbocycles. The summed E-state index contributed by atoms with van der Waals surface area (Å²) in [4.78, 5) is 41.5. The van der Waals surface area contributed by atoms with E-state index in [-0.39, 0.29) is 19.0 Å². The quantitative estimate of drug-likeness (QED) is 0.424. The molecule has 0 spiro atoms. The second kappa shape index (κ2) is 10.7. The number of dihydropyridines is 1. The standard InChI is InChI=1S/C28H31NO6S/c1-6-34-27(31)21-16(4)29-20-14-19(17-9-8-10-18(13-17)33-5)22(28(32)35-7-2)25(30)23(20)24(21)26-15(3)11-12-36-26/h8-13,19,22,24,29H,6-7,14H2,1-5H3/t19-,22+,24-/m0/s1. The zero-order valence-electron chi connectivity index (χ0n) is 21.2. The Morgan fingerprint density at radius 1 is 1.11 bits per heavy atom. The van der Waals surface area contributed by atoms with Crippen molar-refractivity contribution >= 4 is 29.1 Å². The first-order chi connectivity index (χ1) is 17.3. The molecular formula is C28H31NO6S. The smallest absolute Gasteiger partial charge is 0.336 e. The summed E-state index contributed by atoms with van der Waals surface area (Å²) in [6, 6.07) is 9.39. The summed E-state index contributed by atoms with van der Waals surface area (Å²) in [5.41, 5.74) is 4.00. The Morgan fingerprint density at radius 3 is 2.50 bits per heavy atom. The Hall–Kier alpha value is -3.39. The van der Waals surface area contributed by atoms with E-state index in [1.165, 1.54) is 11.3 Å². The van der Waals surface area contributed by atoms with Gasteiger partial charge in [0.05, 0.1) is 31.8 Å². The minimum atomic E-state index is -1.04. The summed E-state index contributed by atoms with van der Waals surface area (Å²) in [6.45, 7) is 7.64. The lowest BCUT2D eigenvalue weighted by Gasteiger charge is -2.39. The molecule has 1 aromatic heterocycles. The maximum atomic E-state index is 14.3. The summed E-state index contributed by atoms with van der Waals surface area (Å²) in [6.07, 6.45) is 0.409. The van der Waals surface area contributed by atoms with Crippen LogP contribution in [0.4, 0.5) is 0 Å². The van der Waals surface area contributed by atoms with Crippen LogP contribution in [0.15, 0.2) is 58.3 Å². The maximum Gasteiger partial charge on any atom is 0.336 e. The molecule has 0 fully saturated rings. The molecule has 0 amide bonds. The predicted molar refractivity (Wildman–Crippen MR) is 137 cm³/mol. The van der Waals surface area contributed by atoms with E-state index in [2.05, 4.69) is 5.32 Å². The number of carbonyl (C=O) groups excluding carboxylic acids is 3. The summed E-state index contributed by atoms with van der Waals surface area (Å²) in [5, 5.41) is 5.27. The van der Waals surface area contributed by atoms with Crippen LogP contribution in [0.2, 0.25) is 0 Å². The van der Waals surface area contributed by atoms with Crippen LogP contribution in [-0.2, 0) is 23.9 Å². The lowest BCUT2D eigenvalue weighted by molar-refractivity contribution is -0.152. The van der Waals surface area contributed by atoms with E-state index < -0.39 is 29.7 Å². The molecular weight excluding hydrogens is 478 g/mol. The van der Waals surface area contributed by atoms with E-state index in [4.69, 9.17) is 14.2 Å². The van der Waals surface area contributed by atoms with Crippen molar-refractivity contribution in [2.75, 3.05) is 20.3 Å². The third kappa shape index (κ3) is 4.57. The lowest BCUT2D eigenvalue weighted by atomic mass is 9.68. The molecule has 2 aromatic rings. The SMILES string of the molecule is CCOC(=O)C1=C(C)NC2=C(C(=O)[C@H](C(=O)OCC)[C@H](c3cccc(OC)c3)C2)[C@H]1c1sccc1C. The number of methoxy groups -OCH3 is 1. The fraction of sp³-hybridized carbons (Fsp3) is 0.393. The maximum absolute atomic E-state index is 14.3. The highest BCUT2D eigenvalue weighted by molar-refractivity contribution is 7.10. The molecule has 1 aliphatic heterocycles. The average molecular weight is 510 g/mol. The van der Waals surface area contributed by atoms with Crippen LogP contribution in [-0.4, -0.2) is 38.0 Å². The first kappa shape index (κ1) is 25.7. The van der Waals surface area contributed by atoms with Gasteiger partial charge in [-0.05, 0) is 68.8 Å². The van der Waals surface area contributed by atoms with Crippen molar-refractivity contribution in [2.45, 2.75) is 46.0 Å². The van der Waals surface area contributed by atoms with Gasteiger partial charge in [-0.25, -0.2) is 4.79 Å². The molecule has 1 N–H and O–H groups in total. The lowest BCUT2D eigenvalue weighted by Crippen LogP contribution is -2.43. The van der Waals surface area contributed by atoms with Gasteiger partial charge >= 0.3 is 11.9 Å². The fourth-order valence-corrected chi connectivity index (χ4v) is 6.19. The monoisotopic (exact) mass is 509 g/mol. The van der Waals surface area contributed by atoms with Crippen LogP contribution >= 0.6 is 11.3 Å². The summed E-state index contributed by atoms with van der Waals surface area (Å²) in [5.74, 6) is -2.82. The van der Waals surface area contributed by atoms with E-state index >= 15 is 0 Å². The Kier molecular flexibility index (Phi) is 7.64. The number of Topliss-reactive ketones (excluding diaryl/α,β-unsaturated/α-hetero) is 1. The van der Waals surface area contributed by atoms with E-state index in [1.807, 2.05) is 49.6 Å². The normalized spacial score (nSPS) is 21.6. The van der Waals surface area contributed by atoms with Gasteiger partial charge in [0.15, 0.2) is 5.78 Å². The number of hydrogen-bond acceptors (Lipinski definition) is 8. The summed E-state index contributed by atoms with van der Waals surface area (Å²) in [7, 11) is 1.58. The van der Waals surface area contributed by atoms with E-state index in [1.54, 1.807) is 21.0 Å². The van der Waals surface area contributed by atoms with Crippen molar-refractivity contribution < 1.29 is 28.6 Å². The van der Waals surface area contributed by atoms with Crippen LogP contribution in [0, 0.1) is 12.8 Å². The van der Waals surface area contributed by atoms with Gasteiger partial charge in [-0.15, -0.1) is 11.3 Å². The number of carbonyl (C=O) groups is 3. The molecule has 2 aliphatic rings. The summed E-state index contributed by atoms with van der Waals surface area (Å²) >= 11 is 1.49. The minimum Gasteiger partial charge on any atom is -0.497 e. The van der Waals surface area contributed by atoms with Crippen molar-refractivity contribution in [3.8, 4) is 5.75 Å². The average Bonchev–Trinajstić information content (AvgIpc) is 3.28. The number of rotatable bonds is 7. The first-order valence-electron chi connectivity index (χ1n) is 12.1. The Labute approximate surface area is 215 Å². The highest BCUT2D eigenvalue weighted by Crippen LogP contribution is 2.49. The van der Waals surface area contributed by atoms with Crippen LogP contribution in [0.3, 0.4) is 0 Å². The molecule has 0 unspecified atom stereocenters. The van der Waals surface area contributed by atoms with E-state index in [0.29, 0.717) is 29.0 Å². The first-order valence-corrected chi connectivity index (χ1v) is 13.0. The zero-order chi connectivity index (χ0) is 26.0. The van der Waals surface area contributed by atoms with Gasteiger partial charge in [-0.1, -0.05) is 12.1 Å². The second-order valence-corrected chi connectivity index (χ2v) is 9.81. The van der Waals surface area contributed by atoms with E-state index in [0.717, 1.165) is 21.7 Å². The number of ether oxygens (including phenoxy) is 3. The van der Waals surface area contributed by atoms with Crippen LogP contribution in [0.25, 0.3) is 0 Å². The third-order valence-corrected chi connectivity index (χ3v) is 7.82. The Bertz CT molecular complexity index is 1260. The molecule has 4 rings (SSSR count). The third-order valence-electron chi connectivity index (χ3n) is 6.74. The predicted octanol–water partition coefficient (Wildman–Crippen LogP) is 4.78. The molecule has 1 aromatic carbocycles. The number of aryl methyl sites for hydroxylation is 1. The van der Waals surface area contributed by atoms with Gasteiger partial charge in [0.2, 0.25) is 0 Å². The number of allylic oxidation sites excluding steroid dienone is 3. The number of benzene rings is 1. The van der Waals surface area contributed by atoms with Crippen LogP contribution < -0.4 is 10.1 Å². The fourth-order valence-electron chi connectivity index (χ4n) is 5.14. The number of hydrogen-bond donors (Lipinski definition) is 1. The van der Waals surface area contributed by atoms with Crippen molar-refractivity contribution in [1.29, 1.82) is 0 Å². The molecule has 0 saturated heterocycles. The van der Waals surface area contributed by atoms with Gasteiger partial charge in [-0.3, -0.25) is 9.59 Å².